The molecule has 0 bridgehead atoms. The van der Waals surface area contributed by atoms with E-state index in [-0.39, 0.29) is 12.2 Å². The van der Waals surface area contributed by atoms with E-state index in [0.29, 0.717) is 12.5 Å². The molecule has 1 rings (SSSR count). The number of aliphatic carboxylic acids is 1. The molecule has 0 amide bonds. The molecule has 6 heteroatoms. The van der Waals surface area contributed by atoms with Crippen molar-refractivity contribution in [2.24, 2.45) is 5.92 Å². The van der Waals surface area contributed by atoms with Crippen LogP contribution in [0.5, 0.6) is 0 Å². The molecular weight excluding hydrogens is 242 g/mol. The highest BCUT2D eigenvalue weighted by Crippen LogP contribution is 2.25. The molecule has 5 nitrogen and oxygen atoms in total. The summed E-state index contributed by atoms with van der Waals surface area (Å²) in [6.07, 6.45) is 6.70. The zero-order chi connectivity index (χ0) is 12.7. The predicted molar refractivity (Wildman–Crippen MR) is 65.2 cm³/mol. The van der Waals surface area contributed by atoms with Crippen molar-refractivity contribution in [2.45, 2.75) is 44.9 Å². The molecule has 2 N–H and O–H groups in total. The van der Waals surface area contributed by atoms with Gasteiger partial charge in [-0.05, 0) is 12.3 Å². The highest BCUT2D eigenvalue weighted by Gasteiger charge is 2.16. The van der Waals surface area contributed by atoms with Crippen molar-refractivity contribution in [3.05, 3.63) is 0 Å². The van der Waals surface area contributed by atoms with E-state index >= 15 is 0 Å². The Morgan fingerprint density at radius 3 is 2.47 bits per heavy atom. The van der Waals surface area contributed by atoms with Crippen LogP contribution in [0, 0.1) is 5.92 Å². The maximum atomic E-state index is 11.4. The Morgan fingerprint density at radius 2 is 1.88 bits per heavy atom. The van der Waals surface area contributed by atoms with Crippen LogP contribution >= 0.6 is 0 Å². The molecule has 0 heterocycles. The fraction of sp³-hybridized carbons (Fsp3) is 0.909. The molecule has 100 valence electrons. The molecule has 1 saturated carbocycles. The van der Waals surface area contributed by atoms with Gasteiger partial charge in [0.15, 0.2) is 0 Å². The molecule has 0 radical (unpaired) electrons. The molecular formula is C11H21NO4S. The summed E-state index contributed by atoms with van der Waals surface area (Å²) in [4.78, 5) is 10.3. The van der Waals surface area contributed by atoms with Gasteiger partial charge in [0.25, 0.3) is 0 Å². The lowest BCUT2D eigenvalue weighted by Gasteiger charge is -2.21. The minimum absolute atomic E-state index is 0.326. The summed E-state index contributed by atoms with van der Waals surface area (Å²) < 4.78 is 25.3. The van der Waals surface area contributed by atoms with Crippen molar-refractivity contribution >= 4 is 16.0 Å². The van der Waals surface area contributed by atoms with Crippen molar-refractivity contribution < 1.29 is 18.3 Å². The highest BCUT2D eigenvalue weighted by molar-refractivity contribution is 7.89. The SMILES string of the molecule is O=C(O)CCS(=O)(=O)NCCC1CCCCC1. The Hall–Kier alpha value is -0.620. The van der Waals surface area contributed by atoms with Crippen LogP contribution in [0.4, 0.5) is 0 Å². The number of sulfonamides is 1. The predicted octanol–water partition coefficient (Wildman–Crippen LogP) is 1.35. The van der Waals surface area contributed by atoms with E-state index in [1.54, 1.807) is 0 Å². The van der Waals surface area contributed by atoms with Crippen molar-refractivity contribution in [2.75, 3.05) is 12.3 Å². The molecule has 0 aromatic heterocycles. The average molecular weight is 263 g/mol. The lowest BCUT2D eigenvalue weighted by atomic mass is 9.87. The van der Waals surface area contributed by atoms with Crippen LogP contribution in [0.2, 0.25) is 0 Å². The number of carbonyl (C=O) groups is 1. The third-order valence-electron chi connectivity index (χ3n) is 3.18. The number of rotatable bonds is 7. The normalized spacial score (nSPS) is 18.1. The quantitative estimate of drug-likeness (QED) is 0.726. The number of hydrogen-bond donors (Lipinski definition) is 2. The topological polar surface area (TPSA) is 83.5 Å². The Balaban J connectivity index is 2.17. The third kappa shape index (κ3) is 6.63. The van der Waals surface area contributed by atoms with E-state index in [0.717, 1.165) is 6.42 Å². The largest absolute Gasteiger partial charge is 0.481 e. The summed E-state index contributed by atoms with van der Waals surface area (Å²) in [6.45, 7) is 0.437. The van der Waals surface area contributed by atoms with Crippen LogP contribution < -0.4 is 4.72 Å². The third-order valence-corrected chi connectivity index (χ3v) is 4.57. The fourth-order valence-corrected chi connectivity index (χ4v) is 3.20. The lowest BCUT2D eigenvalue weighted by molar-refractivity contribution is -0.136. The molecule has 1 fully saturated rings. The van der Waals surface area contributed by atoms with E-state index in [4.69, 9.17) is 5.11 Å². The van der Waals surface area contributed by atoms with E-state index in [1.165, 1.54) is 32.1 Å². The van der Waals surface area contributed by atoms with E-state index in [9.17, 15) is 13.2 Å². The zero-order valence-corrected chi connectivity index (χ0v) is 10.8. The molecule has 0 aromatic rings. The van der Waals surface area contributed by atoms with Gasteiger partial charge in [-0.15, -0.1) is 0 Å². The minimum atomic E-state index is -3.41. The van der Waals surface area contributed by atoms with Crippen molar-refractivity contribution in [1.29, 1.82) is 0 Å². The van der Waals surface area contributed by atoms with Gasteiger partial charge in [0, 0.05) is 6.54 Å². The van der Waals surface area contributed by atoms with Gasteiger partial charge >= 0.3 is 5.97 Å². The summed E-state index contributed by atoms with van der Waals surface area (Å²) in [5.41, 5.74) is 0. The first kappa shape index (κ1) is 14.4. The molecule has 0 saturated heterocycles. The number of carboxylic acids is 1. The Bertz CT molecular complexity index is 333. The maximum Gasteiger partial charge on any atom is 0.304 e. The molecule has 0 unspecified atom stereocenters. The second-order valence-electron chi connectivity index (χ2n) is 4.65. The summed E-state index contributed by atoms with van der Waals surface area (Å²) in [6, 6.07) is 0. The van der Waals surface area contributed by atoms with Crippen LogP contribution in [0.25, 0.3) is 0 Å². The van der Waals surface area contributed by atoms with Gasteiger partial charge in [-0.2, -0.15) is 0 Å². The number of carboxylic acid groups (broad SMARTS) is 1. The zero-order valence-electron chi connectivity index (χ0n) is 10.0. The van der Waals surface area contributed by atoms with Gasteiger partial charge in [0.05, 0.1) is 12.2 Å². The van der Waals surface area contributed by atoms with E-state index in [1.807, 2.05) is 0 Å². The fourth-order valence-electron chi connectivity index (χ4n) is 2.19. The summed E-state index contributed by atoms with van der Waals surface area (Å²) >= 11 is 0. The minimum Gasteiger partial charge on any atom is -0.481 e. The molecule has 0 aromatic carbocycles. The highest BCUT2D eigenvalue weighted by atomic mass is 32.2. The van der Waals surface area contributed by atoms with Crippen LogP contribution in [-0.4, -0.2) is 31.8 Å². The number of nitrogens with one attached hydrogen (secondary N) is 1. The number of hydrogen-bond acceptors (Lipinski definition) is 3. The van der Waals surface area contributed by atoms with Gasteiger partial charge in [0.2, 0.25) is 10.0 Å². The Kier molecular flexibility index (Phi) is 5.91. The average Bonchev–Trinajstić information content (AvgIpc) is 2.28. The van der Waals surface area contributed by atoms with Crippen molar-refractivity contribution in [3.63, 3.8) is 0 Å². The second kappa shape index (κ2) is 6.96. The summed E-state index contributed by atoms with van der Waals surface area (Å²) in [5, 5.41) is 8.41. The standard InChI is InChI=1S/C11H21NO4S/c13-11(14)7-9-17(15,16)12-8-6-10-4-2-1-3-5-10/h10,12H,1-9H2,(H,13,14). The molecule has 17 heavy (non-hydrogen) atoms. The molecule has 1 aliphatic rings. The van der Waals surface area contributed by atoms with Crippen LogP contribution in [-0.2, 0) is 14.8 Å². The lowest BCUT2D eigenvalue weighted by Crippen LogP contribution is -2.29. The first-order valence-corrected chi connectivity index (χ1v) is 7.84. The van der Waals surface area contributed by atoms with Crippen molar-refractivity contribution in [1.82, 2.24) is 4.72 Å². The van der Waals surface area contributed by atoms with Gasteiger partial charge in [0.1, 0.15) is 0 Å². The van der Waals surface area contributed by atoms with Gasteiger partial charge in [-0.3, -0.25) is 4.79 Å². The van der Waals surface area contributed by atoms with Gasteiger partial charge < -0.3 is 5.11 Å². The smallest absolute Gasteiger partial charge is 0.304 e. The first-order valence-electron chi connectivity index (χ1n) is 6.19. The monoisotopic (exact) mass is 263 g/mol. The van der Waals surface area contributed by atoms with Crippen LogP contribution in [0.3, 0.4) is 0 Å². The second-order valence-corrected chi connectivity index (χ2v) is 6.58. The first-order chi connectivity index (χ1) is 7.99. The molecule has 1 aliphatic carbocycles. The van der Waals surface area contributed by atoms with Crippen molar-refractivity contribution in [3.8, 4) is 0 Å². The molecule has 0 aliphatic heterocycles. The Morgan fingerprint density at radius 1 is 1.24 bits per heavy atom. The van der Waals surface area contributed by atoms with E-state index in [2.05, 4.69) is 4.72 Å². The van der Waals surface area contributed by atoms with Crippen LogP contribution in [0.1, 0.15) is 44.9 Å². The summed E-state index contributed by atoms with van der Waals surface area (Å²) in [5.74, 6) is -0.777. The van der Waals surface area contributed by atoms with Gasteiger partial charge in [-0.1, -0.05) is 32.1 Å². The van der Waals surface area contributed by atoms with Gasteiger partial charge in [-0.25, -0.2) is 13.1 Å². The summed E-state index contributed by atoms with van der Waals surface area (Å²) in [7, 11) is -3.41. The molecule has 0 spiro atoms. The Labute approximate surface area is 103 Å². The maximum absolute atomic E-state index is 11.4. The van der Waals surface area contributed by atoms with E-state index < -0.39 is 16.0 Å². The van der Waals surface area contributed by atoms with Crippen LogP contribution in [0.15, 0.2) is 0 Å². The molecule has 0 atom stereocenters.